The van der Waals surface area contributed by atoms with E-state index in [4.69, 9.17) is 11.8 Å². The second-order valence-corrected chi connectivity index (χ2v) is 9.70. The van der Waals surface area contributed by atoms with Gasteiger partial charge < -0.3 is 0 Å². The van der Waals surface area contributed by atoms with Crippen LogP contribution in [0.5, 0.6) is 0 Å². The molecule has 0 heterocycles. The van der Waals surface area contributed by atoms with Crippen LogP contribution in [0.3, 0.4) is 0 Å². The zero-order valence-electron chi connectivity index (χ0n) is 13.7. The summed E-state index contributed by atoms with van der Waals surface area (Å²) in [5, 5.41) is 0. The van der Waals surface area contributed by atoms with Crippen LogP contribution < -0.4 is 0 Å². The number of carbonyl (C=O) groups excluding carboxylic acids is 3. The van der Waals surface area contributed by atoms with E-state index in [1.165, 1.54) is 0 Å². The van der Waals surface area contributed by atoms with Crippen LogP contribution in [0, 0.1) is 0 Å². The van der Waals surface area contributed by atoms with Crippen LogP contribution in [-0.2, 0) is 11.8 Å². The van der Waals surface area contributed by atoms with Crippen LogP contribution in [0.15, 0.2) is 91.0 Å². The van der Waals surface area contributed by atoms with Gasteiger partial charge in [0.1, 0.15) is 0 Å². The Morgan fingerprint density at radius 2 is 0.731 bits per heavy atom. The van der Waals surface area contributed by atoms with E-state index in [2.05, 4.69) is 0 Å². The first kappa shape index (κ1) is 18.1. The van der Waals surface area contributed by atoms with Crippen LogP contribution in [0.1, 0.15) is 31.1 Å². The highest BCUT2D eigenvalue weighted by atomic mass is 32.4. The van der Waals surface area contributed by atoms with Gasteiger partial charge in [0.2, 0.25) is 16.6 Å². The van der Waals surface area contributed by atoms with E-state index in [9.17, 15) is 14.4 Å². The molecule has 26 heavy (non-hydrogen) atoms. The second-order valence-electron chi connectivity index (χ2n) is 5.62. The minimum Gasteiger partial charge on any atom is -0.287 e. The van der Waals surface area contributed by atoms with Crippen LogP contribution in [0.2, 0.25) is 0 Å². The van der Waals surface area contributed by atoms with Gasteiger partial charge in [-0.05, 0) is 0 Å². The molecular weight excluding hydrogens is 363 g/mol. The van der Waals surface area contributed by atoms with Crippen molar-refractivity contribution in [2.45, 2.75) is 0 Å². The van der Waals surface area contributed by atoms with Gasteiger partial charge in [-0.25, -0.2) is 0 Å². The maximum Gasteiger partial charge on any atom is 0.209 e. The van der Waals surface area contributed by atoms with E-state index in [0.717, 1.165) is 0 Å². The van der Waals surface area contributed by atoms with E-state index in [0.29, 0.717) is 0 Å². The molecule has 0 aliphatic carbocycles. The van der Waals surface area contributed by atoms with Gasteiger partial charge in [0, 0.05) is 16.7 Å². The molecule has 0 saturated carbocycles. The van der Waals surface area contributed by atoms with Crippen molar-refractivity contribution in [1.82, 2.24) is 0 Å². The van der Waals surface area contributed by atoms with Gasteiger partial charge in [-0.2, -0.15) is 0 Å². The van der Waals surface area contributed by atoms with Gasteiger partial charge in [0.15, 0.2) is 6.04 Å². The Labute approximate surface area is 156 Å². The first-order valence-electron chi connectivity index (χ1n) is 7.95. The highest BCUT2D eigenvalue weighted by Crippen LogP contribution is 2.54. The Morgan fingerprint density at radius 3 is 0.962 bits per heavy atom. The highest BCUT2D eigenvalue weighted by Gasteiger charge is 2.43. The van der Waals surface area contributed by atoms with E-state index in [1.807, 2.05) is 0 Å². The van der Waals surface area contributed by atoms with E-state index in [-0.39, 0.29) is 16.7 Å². The molecule has 5 heteroatoms. The minimum atomic E-state index is -3.74. The van der Waals surface area contributed by atoms with Crippen LogP contribution in [0.25, 0.3) is 0 Å². The molecule has 0 aliphatic rings. The maximum atomic E-state index is 13.2. The van der Waals surface area contributed by atoms with Gasteiger partial charge >= 0.3 is 0 Å². The van der Waals surface area contributed by atoms with Crippen molar-refractivity contribution >= 4 is 34.4 Å². The molecule has 0 unspecified atom stereocenters. The number of carbonyl (C=O) groups is 3. The predicted octanol–water partition coefficient (Wildman–Crippen LogP) is 4.99. The maximum absolute atomic E-state index is 13.2. The van der Waals surface area contributed by atoms with Crippen molar-refractivity contribution < 1.29 is 14.4 Å². The molecule has 0 bridgehead atoms. The lowest BCUT2D eigenvalue weighted by Crippen LogP contribution is -2.18. The van der Waals surface area contributed by atoms with Crippen molar-refractivity contribution in [3.63, 3.8) is 0 Å². The summed E-state index contributed by atoms with van der Waals surface area (Å²) in [6.45, 7) is 0. The molecule has 0 amide bonds. The molecule has 0 N–H and O–H groups in total. The predicted molar refractivity (Wildman–Crippen MR) is 107 cm³/mol. The third kappa shape index (κ3) is 3.34. The summed E-state index contributed by atoms with van der Waals surface area (Å²) in [5.74, 6) is 0. The molecule has 0 fully saturated rings. The monoisotopic (exact) mass is 378 g/mol. The van der Waals surface area contributed by atoms with E-state index in [1.54, 1.807) is 91.0 Å². The number of hydrogen-bond donors (Lipinski definition) is 0. The molecule has 128 valence electrons. The van der Waals surface area contributed by atoms with Crippen molar-refractivity contribution in [3.05, 3.63) is 108 Å². The number of benzene rings is 3. The summed E-state index contributed by atoms with van der Waals surface area (Å²) in [6, 6.07) is 21.2. The third-order valence-electron chi connectivity index (χ3n) is 3.92. The Kier molecular flexibility index (Phi) is 5.36. The summed E-state index contributed by atoms with van der Waals surface area (Å²) in [6.07, 6.45) is 0. The first-order valence-corrected chi connectivity index (χ1v) is 10.8. The zero-order valence-corrected chi connectivity index (χ0v) is 15.5. The SMILES string of the molecule is O=C(c1ccccc1)P(=S)(C(=O)c1ccccc1)C(=O)c1ccccc1. The molecule has 0 aromatic heterocycles. The Balaban J connectivity index is 2.16. The van der Waals surface area contributed by atoms with Crippen molar-refractivity contribution in [2.24, 2.45) is 0 Å². The number of rotatable bonds is 6. The fraction of sp³-hybridized carbons (Fsp3) is 0. The standard InChI is InChI=1S/C21H15O3PS/c22-19(16-10-4-1-5-11-16)25(26,20(23)17-12-6-2-7-13-17)21(24)18-14-8-3-9-15-18/h1-15H. The van der Waals surface area contributed by atoms with E-state index < -0.39 is 22.6 Å². The third-order valence-corrected chi connectivity index (χ3v) is 7.90. The fourth-order valence-corrected chi connectivity index (χ4v) is 5.60. The topological polar surface area (TPSA) is 51.2 Å². The number of hydrogen-bond acceptors (Lipinski definition) is 4. The molecule has 0 aliphatic heterocycles. The Bertz CT molecular complexity index is 867. The van der Waals surface area contributed by atoms with Gasteiger partial charge in [0.05, 0.1) is 0 Å². The van der Waals surface area contributed by atoms with Crippen molar-refractivity contribution in [2.75, 3.05) is 0 Å². The molecule has 3 aromatic rings. The summed E-state index contributed by atoms with van der Waals surface area (Å²) in [7, 11) is 0. The quantitative estimate of drug-likeness (QED) is 0.567. The molecular formula is C21H15O3PS. The summed E-state index contributed by atoms with van der Waals surface area (Å²) < 4.78 is 0. The minimum absolute atomic E-state index is 0.282. The zero-order chi connectivity index (χ0) is 18.6. The molecule has 0 spiro atoms. The smallest absolute Gasteiger partial charge is 0.209 e. The van der Waals surface area contributed by atoms with E-state index >= 15 is 0 Å². The lowest BCUT2D eigenvalue weighted by Gasteiger charge is -2.18. The summed E-state index contributed by atoms with van der Waals surface area (Å²) in [5.41, 5.74) is -0.874. The van der Waals surface area contributed by atoms with Gasteiger partial charge in [0.25, 0.3) is 0 Å². The van der Waals surface area contributed by atoms with Gasteiger partial charge in [-0.15, -0.1) is 0 Å². The lowest BCUT2D eigenvalue weighted by atomic mass is 10.2. The van der Waals surface area contributed by atoms with Crippen LogP contribution >= 0.6 is 6.04 Å². The second kappa shape index (κ2) is 7.69. The van der Waals surface area contributed by atoms with Crippen molar-refractivity contribution in [1.29, 1.82) is 0 Å². The highest BCUT2D eigenvalue weighted by molar-refractivity contribution is 8.38. The largest absolute Gasteiger partial charge is 0.287 e. The molecule has 3 aromatic carbocycles. The fourth-order valence-electron chi connectivity index (χ4n) is 2.56. The van der Waals surface area contributed by atoms with Crippen molar-refractivity contribution in [3.8, 4) is 0 Å². The summed E-state index contributed by atoms with van der Waals surface area (Å²) in [4.78, 5) is 39.6. The summed E-state index contributed by atoms with van der Waals surface area (Å²) >= 11 is 5.58. The Hall–Kier alpha value is -2.68. The molecule has 3 nitrogen and oxygen atoms in total. The van der Waals surface area contributed by atoms with Crippen LogP contribution in [0.4, 0.5) is 0 Å². The first-order chi connectivity index (χ1) is 12.5. The molecule has 0 atom stereocenters. The average molecular weight is 378 g/mol. The van der Waals surface area contributed by atoms with Crippen LogP contribution in [-0.4, -0.2) is 16.6 Å². The molecule has 0 radical (unpaired) electrons. The molecule has 0 saturated heterocycles. The lowest BCUT2D eigenvalue weighted by molar-refractivity contribution is 0.102. The van der Waals surface area contributed by atoms with Gasteiger partial charge in [-0.1, -0.05) is 103 Å². The van der Waals surface area contributed by atoms with Gasteiger partial charge in [-0.3, -0.25) is 14.4 Å². The average Bonchev–Trinajstić information content (AvgIpc) is 2.73. The Morgan fingerprint density at radius 1 is 0.500 bits per heavy atom. The normalized spacial score (nSPS) is 10.9. The molecule has 3 rings (SSSR count).